The monoisotopic (exact) mass is 835 g/mol. The van der Waals surface area contributed by atoms with Gasteiger partial charge in [-0.1, -0.05) is 188 Å². The maximum absolute atomic E-state index is 6.73. The third-order valence-corrected chi connectivity index (χ3v) is 14.9. The Morgan fingerprint density at radius 3 is 1.83 bits per heavy atom. The number of anilines is 3. The van der Waals surface area contributed by atoms with E-state index in [1.807, 2.05) is 11.3 Å². The average Bonchev–Trinajstić information content (AvgIpc) is 3.89. The lowest BCUT2D eigenvalue weighted by Crippen LogP contribution is -2.32. The zero-order valence-electron chi connectivity index (χ0n) is 35.0. The SMILES string of the molecule is C1=CCC(c2ccccc2-c2ccccc2-c2ccccc2N(c2ccc3c(c2)C2(c4ccccc4Oc4ccccc42)c2ccccc2-3)c2cccc3c2sc2ccccc23)C=C1. The zero-order valence-corrected chi connectivity index (χ0v) is 35.8. The summed E-state index contributed by atoms with van der Waals surface area (Å²) in [6, 6.07) is 76.1. The van der Waals surface area contributed by atoms with Crippen LogP contribution in [0.4, 0.5) is 17.1 Å². The van der Waals surface area contributed by atoms with Crippen molar-refractivity contribution in [2.24, 2.45) is 0 Å². The van der Waals surface area contributed by atoms with Gasteiger partial charge in [-0.05, 0) is 93.4 Å². The maximum Gasteiger partial charge on any atom is 0.132 e. The van der Waals surface area contributed by atoms with E-state index >= 15 is 0 Å². The summed E-state index contributed by atoms with van der Waals surface area (Å²) in [6.45, 7) is 0. The van der Waals surface area contributed by atoms with Crippen molar-refractivity contribution in [1.82, 2.24) is 0 Å². The quantitative estimate of drug-likeness (QED) is 0.165. The third kappa shape index (κ3) is 5.44. The van der Waals surface area contributed by atoms with Crippen molar-refractivity contribution in [3.05, 3.63) is 258 Å². The summed E-state index contributed by atoms with van der Waals surface area (Å²) in [5.41, 5.74) is 16.3. The molecule has 0 bridgehead atoms. The molecule has 0 saturated carbocycles. The van der Waals surface area contributed by atoms with Gasteiger partial charge in [0, 0.05) is 43.8 Å². The number of fused-ring (bicyclic) bond motifs is 12. The number of benzene rings is 9. The molecule has 1 aliphatic heterocycles. The highest BCUT2D eigenvalue weighted by Gasteiger charge is 2.51. The Hall–Kier alpha value is -7.72. The Morgan fingerprint density at radius 1 is 0.453 bits per heavy atom. The van der Waals surface area contributed by atoms with E-state index < -0.39 is 5.41 Å². The molecule has 0 N–H and O–H groups in total. The minimum absolute atomic E-state index is 0.315. The molecule has 1 spiro atoms. The second-order valence-electron chi connectivity index (χ2n) is 17.0. The van der Waals surface area contributed by atoms with E-state index in [9.17, 15) is 0 Å². The molecular formula is C61H41NOS. The van der Waals surface area contributed by atoms with Gasteiger partial charge in [-0.25, -0.2) is 0 Å². The second-order valence-corrected chi connectivity index (χ2v) is 18.1. The van der Waals surface area contributed by atoms with Crippen molar-refractivity contribution in [3.8, 4) is 44.9 Å². The van der Waals surface area contributed by atoms with Crippen LogP contribution in [0.3, 0.4) is 0 Å². The highest BCUT2D eigenvalue weighted by atomic mass is 32.1. The normalized spacial score (nSPS) is 15.1. The van der Waals surface area contributed by atoms with Crippen LogP contribution in [0.5, 0.6) is 11.5 Å². The molecule has 1 aromatic heterocycles. The van der Waals surface area contributed by atoms with Gasteiger partial charge in [0.05, 0.1) is 21.5 Å². The number of rotatable bonds is 6. The van der Waals surface area contributed by atoms with Crippen LogP contribution in [0.1, 0.15) is 40.2 Å². The summed E-state index contributed by atoms with van der Waals surface area (Å²) in [4.78, 5) is 2.54. The molecule has 2 nitrogen and oxygen atoms in total. The summed E-state index contributed by atoms with van der Waals surface area (Å²) in [6.07, 6.45) is 9.97. The smallest absolute Gasteiger partial charge is 0.132 e. The van der Waals surface area contributed by atoms with E-state index in [0.717, 1.165) is 46.1 Å². The molecule has 302 valence electrons. The lowest BCUT2D eigenvalue weighted by molar-refractivity contribution is 0.436. The molecule has 64 heavy (non-hydrogen) atoms. The number of hydrogen-bond donors (Lipinski definition) is 0. The summed E-state index contributed by atoms with van der Waals surface area (Å²) >= 11 is 1.87. The van der Waals surface area contributed by atoms with Crippen LogP contribution in [0.25, 0.3) is 53.6 Å². The first kappa shape index (κ1) is 36.9. The van der Waals surface area contributed by atoms with Gasteiger partial charge in [0.25, 0.3) is 0 Å². The predicted octanol–water partition coefficient (Wildman–Crippen LogP) is 16.9. The summed E-state index contributed by atoms with van der Waals surface area (Å²) in [5.74, 6) is 2.10. The first-order valence-corrected chi connectivity index (χ1v) is 23.0. The first-order chi connectivity index (χ1) is 31.8. The van der Waals surface area contributed by atoms with Gasteiger partial charge in [0.1, 0.15) is 11.5 Å². The van der Waals surface area contributed by atoms with Crippen LogP contribution in [0.2, 0.25) is 0 Å². The fraction of sp³-hybridized carbons (Fsp3) is 0.0492. The lowest BCUT2D eigenvalue weighted by atomic mass is 9.66. The minimum Gasteiger partial charge on any atom is -0.457 e. The van der Waals surface area contributed by atoms with E-state index in [-0.39, 0.29) is 0 Å². The Kier molecular flexibility index (Phi) is 8.47. The Bertz CT molecular complexity index is 3510. The summed E-state index contributed by atoms with van der Waals surface area (Å²) < 4.78 is 9.27. The van der Waals surface area contributed by atoms with E-state index in [1.54, 1.807) is 0 Å². The van der Waals surface area contributed by atoms with Crippen molar-refractivity contribution in [2.45, 2.75) is 17.8 Å². The summed E-state index contributed by atoms with van der Waals surface area (Å²) in [7, 11) is 0. The molecule has 3 heteroatoms. The molecule has 2 heterocycles. The Morgan fingerprint density at radius 2 is 1.05 bits per heavy atom. The third-order valence-electron chi connectivity index (χ3n) is 13.7. The van der Waals surface area contributed by atoms with Crippen LogP contribution in [0, 0.1) is 0 Å². The van der Waals surface area contributed by atoms with Crippen LogP contribution in [0.15, 0.2) is 231 Å². The number of allylic oxidation sites excluding steroid dienone is 4. The lowest BCUT2D eigenvalue weighted by Gasteiger charge is -2.39. The number of hydrogen-bond acceptors (Lipinski definition) is 3. The maximum atomic E-state index is 6.73. The Labute approximate surface area is 377 Å². The molecular weight excluding hydrogens is 795 g/mol. The van der Waals surface area contributed by atoms with Crippen LogP contribution in [-0.4, -0.2) is 0 Å². The van der Waals surface area contributed by atoms with Gasteiger partial charge in [0.2, 0.25) is 0 Å². The van der Waals surface area contributed by atoms with Gasteiger partial charge >= 0.3 is 0 Å². The number of thiophene rings is 1. The van der Waals surface area contributed by atoms with E-state index in [4.69, 9.17) is 4.74 Å². The highest BCUT2D eigenvalue weighted by molar-refractivity contribution is 7.26. The van der Waals surface area contributed by atoms with Gasteiger partial charge in [-0.3, -0.25) is 0 Å². The predicted molar refractivity (Wildman–Crippen MR) is 268 cm³/mol. The van der Waals surface area contributed by atoms with Crippen molar-refractivity contribution < 1.29 is 4.74 Å². The molecule has 1 unspecified atom stereocenters. The molecule has 0 fully saturated rings. The summed E-state index contributed by atoms with van der Waals surface area (Å²) in [5, 5.41) is 2.55. The number of ether oxygens (including phenoxy) is 1. The fourth-order valence-electron chi connectivity index (χ4n) is 11.0. The van der Waals surface area contributed by atoms with Crippen LogP contribution in [-0.2, 0) is 5.41 Å². The molecule has 10 aromatic rings. The van der Waals surface area contributed by atoms with Crippen molar-refractivity contribution in [2.75, 3.05) is 4.90 Å². The van der Waals surface area contributed by atoms with E-state index in [1.165, 1.54) is 70.2 Å². The minimum atomic E-state index is -0.596. The largest absolute Gasteiger partial charge is 0.457 e. The van der Waals surface area contributed by atoms with Gasteiger partial charge in [0.15, 0.2) is 0 Å². The Balaban J connectivity index is 1.09. The molecule has 0 radical (unpaired) electrons. The topological polar surface area (TPSA) is 12.5 Å². The number of para-hydroxylation sites is 3. The van der Waals surface area contributed by atoms with Gasteiger partial charge < -0.3 is 9.64 Å². The molecule has 0 saturated heterocycles. The zero-order chi connectivity index (χ0) is 42.2. The number of nitrogens with zero attached hydrogens (tertiary/aromatic N) is 1. The standard InChI is InChI=1S/C61H41NOS/c1-2-19-40(20-3-1)42-21-4-5-22-43(42)44-23-6-7-24-45(44)48-26-9-14-32-55(48)62(56-33-18-28-50-49-27-10-17-36-59(49)64-60(50)56)41-37-38-47-46-25-8-11-29-51(46)61(54(47)39-41)52-30-12-15-34-57(52)63-58-35-16-13-31-53(58)61/h1-19,21-40H,20H2. The van der Waals surface area contributed by atoms with Crippen LogP contribution >= 0.6 is 11.3 Å². The van der Waals surface area contributed by atoms with E-state index in [2.05, 4.69) is 235 Å². The fourth-order valence-corrected chi connectivity index (χ4v) is 12.2. The van der Waals surface area contributed by atoms with Gasteiger partial charge in [-0.2, -0.15) is 0 Å². The molecule has 3 aliphatic rings. The molecule has 9 aromatic carbocycles. The second kappa shape index (κ2) is 14.7. The first-order valence-electron chi connectivity index (χ1n) is 22.2. The molecule has 2 aliphatic carbocycles. The van der Waals surface area contributed by atoms with Crippen LogP contribution < -0.4 is 9.64 Å². The van der Waals surface area contributed by atoms with Crippen molar-refractivity contribution in [1.29, 1.82) is 0 Å². The molecule has 13 rings (SSSR count). The van der Waals surface area contributed by atoms with Gasteiger partial charge in [-0.15, -0.1) is 11.3 Å². The van der Waals surface area contributed by atoms with Crippen molar-refractivity contribution >= 4 is 48.6 Å². The van der Waals surface area contributed by atoms with Crippen molar-refractivity contribution in [3.63, 3.8) is 0 Å². The molecule has 1 atom stereocenters. The average molecular weight is 836 g/mol. The highest BCUT2D eigenvalue weighted by Crippen LogP contribution is 2.63. The molecule has 0 amide bonds. The van der Waals surface area contributed by atoms with E-state index in [0.29, 0.717) is 5.92 Å².